The molecule has 0 fully saturated rings. The molecule has 3 N–H and O–H groups in total. The molecule has 0 unspecified atom stereocenters. The van der Waals surface area contributed by atoms with Crippen LogP contribution in [0.5, 0.6) is 0 Å². The molecule has 0 aliphatic carbocycles. The van der Waals surface area contributed by atoms with Crippen molar-refractivity contribution in [3.05, 3.63) is 59.0 Å². The van der Waals surface area contributed by atoms with E-state index >= 15 is 0 Å². The second kappa shape index (κ2) is 10.3. The summed E-state index contributed by atoms with van der Waals surface area (Å²) >= 11 is 0. The number of aliphatic imine (C=N–C) groups is 1. The molecule has 0 spiro atoms. The maximum Gasteiger partial charge on any atom is 0.287 e. The average molecular weight is 356 g/mol. The maximum absolute atomic E-state index is 11.8. The van der Waals surface area contributed by atoms with E-state index in [1.807, 2.05) is 6.92 Å². The molecule has 0 aliphatic rings. The molecule has 6 heteroatoms. The molecule has 140 valence electrons. The van der Waals surface area contributed by atoms with Gasteiger partial charge in [0, 0.05) is 26.2 Å². The van der Waals surface area contributed by atoms with Crippen LogP contribution >= 0.6 is 0 Å². The highest BCUT2D eigenvalue weighted by molar-refractivity contribution is 5.91. The Balaban J connectivity index is 1.76. The lowest BCUT2D eigenvalue weighted by atomic mass is 10.1. The molecule has 1 heterocycles. The minimum Gasteiger partial charge on any atom is -0.459 e. The van der Waals surface area contributed by atoms with Gasteiger partial charge < -0.3 is 20.4 Å². The predicted molar refractivity (Wildman–Crippen MR) is 105 cm³/mol. The van der Waals surface area contributed by atoms with Gasteiger partial charge in [-0.15, -0.1) is 0 Å². The van der Waals surface area contributed by atoms with Crippen LogP contribution in [0.25, 0.3) is 0 Å². The van der Waals surface area contributed by atoms with Crippen molar-refractivity contribution in [3.8, 4) is 0 Å². The molecule has 0 radical (unpaired) electrons. The van der Waals surface area contributed by atoms with Crippen LogP contribution in [0.15, 0.2) is 46.0 Å². The molecule has 1 aromatic carbocycles. The van der Waals surface area contributed by atoms with Gasteiger partial charge in [-0.05, 0) is 44.9 Å². The third kappa shape index (κ3) is 6.63. The van der Waals surface area contributed by atoms with Gasteiger partial charge >= 0.3 is 0 Å². The standard InChI is InChI=1S/C20H28N4O2/c1-4-21-20(23-8-7-17-13-15(2)12-16(3)14-17)24-10-9-22-19(25)18-6-5-11-26-18/h5-6,11-14H,4,7-10H2,1-3H3,(H,22,25)(H2,21,23,24). The number of amides is 1. The fourth-order valence-corrected chi connectivity index (χ4v) is 2.70. The first-order valence-electron chi connectivity index (χ1n) is 8.99. The summed E-state index contributed by atoms with van der Waals surface area (Å²) < 4.78 is 5.06. The van der Waals surface area contributed by atoms with E-state index in [9.17, 15) is 4.79 Å². The number of nitrogens with one attached hydrogen (secondary N) is 3. The van der Waals surface area contributed by atoms with Gasteiger partial charge in [0.25, 0.3) is 5.91 Å². The molecule has 2 aromatic rings. The predicted octanol–water partition coefficient (Wildman–Crippen LogP) is 2.42. The quantitative estimate of drug-likeness (QED) is 0.386. The fourth-order valence-electron chi connectivity index (χ4n) is 2.70. The number of carbonyl (C=O) groups is 1. The van der Waals surface area contributed by atoms with Gasteiger partial charge in [-0.1, -0.05) is 29.3 Å². The zero-order chi connectivity index (χ0) is 18.8. The van der Waals surface area contributed by atoms with Crippen molar-refractivity contribution < 1.29 is 9.21 Å². The van der Waals surface area contributed by atoms with Gasteiger partial charge in [0.2, 0.25) is 0 Å². The van der Waals surface area contributed by atoms with Gasteiger partial charge in [0.05, 0.1) is 6.26 Å². The Kier molecular flexibility index (Phi) is 7.74. The highest BCUT2D eigenvalue weighted by Crippen LogP contribution is 2.09. The van der Waals surface area contributed by atoms with Crippen molar-refractivity contribution >= 4 is 11.9 Å². The number of aryl methyl sites for hydroxylation is 2. The molecule has 26 heavy (non-hydrogen) atoms. The number of benzene rings is 1. The lowest BCUT2D eigenvalue weighted by molar-refractivity contribution is 0.0926. The molecular formula is C20H28N4O2. The van der Waals surface area contributed by atoms with Crippen LogP contribution in [0.3, 0.4) is 0 Å². The summed E-state index contributed by atoms with van der Waals surface area (Å²) in [7, 11) is 0. The first-order chi connectivity index (χ1) is 12.6. The van der Waals surface area contributed by atoms with Crippen molar-refractivity contribution in [2.45, 2.75) is 27.2 Å². The van der Waals surface area contributed by atoms with Crippen molar-refractivity contribution in [3.63, 3.8) is 0 Å². The third-order valence-corrected chi connectivity index (χ3v) is 3.74. The minimum absolute atomic E-state index is 0.214. The molecular weight excluding hydrogens is 328 g/mol. The average Bonchev–Trinajstić information content (AvgIpc) is 3.12. The number of hydrogen-bond donors (Lipinski definition) is 3. The monoisotopic (exact) mass is 356 g/mol. The highest BCUT2D eigenvalue weighted by Gasteiger charge is 2.06. The number of carbonyl (C=O) groups excluding carboxylic acids is 1. The first kappa shape index (κ1) is 19.6. The van der Waals surface area contributed by atoms with Crippen molar-refractivity contribution in [1.29, 1.82) is 0 Å². The van der Waals surface area contributed by atoms with Gasteiger partial charge in [-0.2, -0.15) is 0 Å². The van der Waals surface area contributed by atoms with Crippen LogP contribution < -0.4 is 16.0 Å². The summed E-state index contributed by atoms with van der Waals surface area (Å²) in [5.74, 6) is 0.858. The lowest BCUT2D eigenvalue weighted by Gasteiger charge is -2.11. The molecule has 1 aromatic heterocycles. The first-order valence-corrected chi connectivity index (χ1v) is 8.99. The number of guanidine groups is 1. The Morgan fingerprint density at radius 3 is 2.46 bits per heavy atom. The topological polar surface area (TPSA) is 78.7 Å². The summed E-state index contributed by atoms with van der Waals surface area (Å²) in [5.41, 5.74) is 3.86. The molecule has 0 aliphatic heterocycles. The van der Waals surface area contributed by atoms with Gasteiger partial charge in [0.15, 0.2) is 11.7 Å². The number of hydrogen-bond acceptors (Lipinski definition) is 3. The summed E-state index contributed by atoms with van der Waals surface area (Å²) in [4.78, 5) is 16.4. The summed E-state index contributed by atoms with van der Waals surface area (Å²) in [6.45, 7) is 8.82. The largest absolute Gasteiger partial charge is 0.459 e. The Hall–Kier alpha value is -2.76. The summed E-state index contributed by atoms with van der Waals surface area (Å²) in [6.07, 6.45) is 2.38. The molecule has 0 bridgehead atoms. The number of furan rings is 1. The lowest BCUT2D eigenvalue weighted by Crippen LogP contribution is -2.41. The fraction of sp³-hybridized carbons (Fsp3) is 0.400. The van der Waals surface area contributed by atoms with Crippen LogP contribution in [0.1, 0.15) is 34.2 Å². The second-order valence-electron chi connectivity index (χ2n) is 6.17. The van der Waals surface area contributed by atoms with E-state index in [4.69, 9.17) is 4.42 Å². The van der Waals surface area contributed by atoms with Crippen LogP contribution in [-0.4, -0.2) is 38.0 Å². The van der Waals surface area contributed by atoms with E-state index in [1.165, 1.54) is 23.0 Å². The van der Waals surface area contributed by atoms with E-state index in [1.54, 1.807) is 12.1 Å². The molecule has 0 saturated heterocycles. The summed E-state index contributed by atoms with van der Waals surface area (Å²) in [5, 5.41) is 9.24. The Bertz CT molecular complexity index is 703. The van der Waals surface area contributed by atoms with E-state index in [0.29, 0.717) is 25.4 Å². The molecule has 0 atom stereocenters. The second-order valence-corrected chi connectivity index (χ2v) is 6.17. The van der Waals surface area contributed by atoms with Crippen LogP contribution in [0.4, 0.5) is 0 Å². The highest BCUT2D eigenvalue weighted by atomic mass is 16.3. The van der Waals surface area contributed by atoms with Gasteiger partial charge in [0.1, 0.15) is 0 Å². The Morgan fingerprint density at radius 1 is 1.08 bits per heavy atom. The smallest absolute Gasteiger partial charge is 0.287 e. The Labute approximate surface area is 155 Å². The SMILES string of the molecule is CCNC(=NCCc1cc(C)cc(C)c1)NCCNC(=O)c1ccco1. The zero-order valence-electron chi connectivity index (χ0n) is 15.8. The van der Waals surface area contributed by atoms with Crippen LogP contribution in [-0.2, 0) is 6.42 Å². The van der Waals surface area contributed by atoms with E-state index < -0.39 is 0 Å². The van der Waals surface area contributed by atoms with E-state index in [2.05, 4.69) is 53.0 Å². The normalized spacial score (nSPS) is 11.3. The molecule has 6 nitrogen and oxygen atoms in total. The van der Waals surface area contributed by atoms with Crippen LogP contribution in [0, 0.1) is 13.8 Å². The molecule has 2 rings (SSSR count). The van der Waals surface area contributed by atoms with Crippen molar-refractivity contribution in [2.75, 3.05) is 26.2 Å². The maximum atomic E-state index is 11.8. The molecule has 0 saturated carbocycles. The van der Waals surface area contributed by atoms with E-state index in [0.717, 1.165) is 18.9 Å². The van der Waals surface area contributed by atoms with Crippen molar-refractivity contribution in [1.82, 2.24) is 16.0 Å². The summed E-state index contributed by atoms with van der Waals surface area (Å²) in [6, 6.07) is 9.91. The Morgan fingerprint density at radius 2 is 1.81 bits per heavy atom. The van der Waals surface area contributed by atoms with Crippen molar-refractivity contribution in [2.24, 2.45) is 4.99 Å². The van der Waals surface area contributed by atoms with E-state index in [-0.39, 0.29) is 5.91 Å². The minimum atomic E-state index is -0.214. The number of nitrogens with zero attached hydrogens (tertiary/aromatic N) is 1. The zero-order valence-corrected chi connectivity index (χ0v) is 15.8. The third-order valence-electron chi connectivity index (χ3n) is 3.74. The van der Waals surface area contributed by atoms with Crippen LogP contribution in [0.2, 0.25) is 0 Å². The van der Waals surface area contributed by atoms with Gasteiger partial charge in [-0.3, -0.25) is 9.79 Å². The number of rotatable bonds is 8. The van der Waals surface area contributed by atoms with Gasteiger partial charge in [-0.25, -0.2) is 0 Å². The molecule has 1 amide bonds.